The zero-order valence-corrected chi connectivity index (χ0v) is 13.0. The molecule has 2 rings (SSSR count). The van der Waals surface area contributed by atoms with Crippen molar-refractivity contribution in [3.8, 4) is 0 Å². The van der Waals surface area contributed by atoms with Crippen molar-refractivity contribution in [2.75, 3.05) is 11.4 Å². The van der Waals surface area contributed by atoms with E-state index in [4.69, 9.17) is 10.7 Å². The van der Waals surface area contributed by atoms with Gasteiger partial charge in [-0.2, -0.15) is 0 Å². The van der Waals surface area contributed by atoms with Gasteiger partial charge in [-0.1, -0.05) is 15.9 Å². The summed E-state index contributed by atoms with van der Waals surface area (Å²) in [7, 11) is 1.42. The van der Waals surface area contributed by atoms with E-state index in [1.54, 1.807) is 6.92 Å². The summed E-state index contributed by atoms with van der Waals surface area (Å²) >= 11 is 3.19. The van der Waals surface area contributed by atoms with E-state index in [2.05, 4.69) is 15.9 Å². The Morgan fingerprint density at radius 1 is 1.47 bits per heavy atom. The van der Waals surface area contributed by atoms with Gasteiger partial charge < -0.3 is 4.90 Å². The van der Waals surface area contributed by atoms with Gasteiger partial charge in [0.05, 0.1) is 5.69 Å². The average Bonchev–Trinajstić information content (AvgIpc) is 2.65. The zero-order chi connectivity index (χ0) is 14.4. The Balaban J connectivity index is 2.39. The normalized spacial score (nSPS) is 20.1. The molecule has 0 spiro atoms. The van der Waals surface area contributed by atoms with E-state index in [9.17, 15) is 17.6 Å². The number of halogens is 3. The first-order valence-corrected chi connectivity index (χ1v) is 8.56. The van der Waals surface area contributed by atoms with E-state index in [0.29, 0.717) is 4.47 Å². The molecule has 104 valence electrons. The van der Waals surface area contributed by atoms with Crippen LogP contribution in [0.5, 0.6) is 0 Å². The molecule has 0 radical (unpaired) electrons. The maximum Gasteiger partial charge on any atom is 0.237 e. The third kappa shape index (κ3) is 2.93. The van der Waals surface area contributed by atoms with E-state index >= 15 is 0 Å². The summed E-state index contributed by atoms with van der Waals surface area (Å²) in [5, 5.41) is -0.995. The Labute approximate surface area is 123 Å². The van der Waals surface area contributed by atoms with Crippen LogP contribution in [0.25, 0.3) is 0 Å². The molecule has 8 heteroatoms. The molecule has 1 fully saturated rings. The third-order valence-corrected chi connectivity index (χ3v) is 5.73. The molecule has 1 unspecified atom stereocenters. The van der Waals surface area contributed by atoms with Crippen LogP contribution in [0.3, 0.4) is 0 Å². The SMILES string of the molecule is Cc1cc(N2CC(S(=O)(=O)Cl)CC2=O)c(F)cc1Br. The highest BCUT2D eigenvalue weighted by atomic mass is 79.9. The predicted molar refractivity (Wildman–Crippen MR) is 74.4 cm³/mol. The minimum Gasteiger partial charge on any atom is -0.308 e. The van der Waals surface area contributed by atoms with Gasteiger partial charge in [0.15, 0.2) is 0 Å². The highest BCUT2D eigenvalue weighted by molar-refractivity contribution is 9.10. The first kappa shape index (κ1) is 14.7. The number of benzene rings is 1. The second-order valence-corrected chi connectivity index (χ2v) is 8.12. The fourth-order valence-electron chi connectivity index (χ4n) is 1.95. The molecule has 1 saturated heterocycles. The van der Waals surface area contributed by atoms with E-state index in [1.807, 2.05) is 0 Å². The second kappa shape index (κ2) is 5.03. The quantitative estimate of drug-likeness (QED) is 0.752. The number of hydrogen-bond donors (Lipinski definition) is 0. The lowest BCUT2D eigenvalue weighted by molar-refractivity contribution is -0.117. The fourth-order valence-corrected chi connectivity index (χ4v) is 3.29. The van der Waals surface area contributed by atoms with Crippen LogP contribution in [0, 0.1) is 12.7 Å². The van der Waals surface area contributed by atoms with Crippen molar-refractivity contribution in [1.82, 2.24) is 0 Å². The van der Waals surface area contributed by atoms with Crippen LogP contribution in [0.15, 0.2) is 16.6 Å². The highest BCUT2D eigenvalue weighted by Crippen LogP contribution is 2.31. The summed E-state index contributed by atoms with van der Waals surface area (Å²) < 4.78 is 37.0. The first-order valence-electron chi connectivity index (χ1n) is 5.39. The van der Waals surface area contributed by atoms with Gasteiger partial charge in [0.2, 0.25) is 15.0 Å². The Bertz CT molecular complexity index is 650. The Kier molecular flexibility index (Phi) is 3.90. The summed E-state index contributed by atoms with van der Waals surface area (Å²) in [5.74, 6) is -1.03. The van der Waals surface area contributed by atoms with Gasteiger partial charge in [0.1, 0.15) is 11.1 Å². The van der Waals surface area contributed by atoms with Crippen LogP contribution in [0.1, 0.15) is 12.0 Å². The number of hydrogen-bond acceptors (Lipinski definition) is 3. The van der Waals surface area contributed by atoms with E-state index < -0.39 is 26.0 Å². The van der Waals surface area contributed by atoms with Gasteiger partial charge in [-0.05, 0) is 24.6 Å². The first-order chi connectivity index (χ1) is 8.70. The van der Waals surface area contributed by atoms with E-state index in [1.165, 1.54) is 12.1 Å². The number of carbonyl (C=O) groups excluding carboxylic acids is 1. The largest absolute Gasteiger partial charge is 0.308 e. The summed E-state index contributed by atoms with van der Waals surface area (Å²) in [6, 6.07) is 2.75. The molecule has 1 amide bonds. The van der Waals surface area contributed by atoms with Crippen LogP contribution in [0.2, 0.25) is 0 Å². The molecular weight excluding hydrogens is 361 g/mol. The van der Waals surface area contributed by atoms with Gasteiger partial charge >= 0.3 is 0 Å². The summed E-state index contributed by atoms with van der Waals surface area (Å²) in [4.78, 5) is 12.9. The maximum absolute atomic E-state index is 13.9. The summed E-state index contributed by atoms with van der Waals surface area (Å²) in [6.07, 6.45) is -0.222. The molecule has 0 bridgehead atoms. The molecule has 0 saturated carbocycles. The minimum absolute atomic E-state index is 0.0773. The van der Waals surface area contributed by atoms with Crippen molar-refractivity contribution in [2.24, 2.45) is 0 Å². The number of aryl methyl sites for hydroxylation is 1. The standard InChI is InChI=1S/C11H10BrClFNO3S/c1-6-2-10(9(14)4-8(6)12)15-5-7(3-11(15)16)19(13,17)18/h2,4,7H,3,5H2,1H3. The van der Waals surface area contributed by atoms with Crippen LogP contribution in [-0.4, -0.2) is 26.1 Å². The van der Waals surface area contributed by atoms with Gasteiger partial charge in [-0.3, -0.25) is 4.79 Å². The summed E-state index contributed by atoms with van der Waals surface area (Å²) in [5.41, 5.74) is 0.829. The van der Waals surface area contributed by atoms with Crippen molar-refractivity contribution >= 4 is 47.3 Å². The smallest absolute Gasteiger partial charge is 0.237 e. The minimum atomic E-state index is -3.83. The zero-order valence-electron chi connectivity index (χ0n) is 9.86. The lowest BCUT2D eigenvalue weighted by Crippen LogP contribution is -2.27. The van der Waals surface area contributed by atoms with Crippen molar-refractivity contribution in [3.05, 3.63) is 28.0 Å². The number of rotatable bonds is 2. The molecule has 1 aliphatic heterocycles. The fraction of sp³-hybridized carbons (Fsp3) is 0.364. The number of carbonyl (C=O) groups is 1. The van der Waals surface area contributed by atoms with Crippen LogP contribution in [-0.2, 0) is 13.8 Å². The van der Waals surface area contributed by atoms with E-state index in [-0.39, 0.29) is 18.7 Å². The lowest BCUT2D eigenvalue weighted by atomic mass is 10.2. The molecule has 1 aromatic carbocycles. The predicted octanol–water partition coefficient (Wildman–Crippen LogP) is 2.57. The number of nitrogens with zero attached hydrogens (tertiary/aromatic N) is 1. The monoisotopic (exact) mass is 369 g/mol. The molecule has 0 aliphatic carbocycles. The maximum atomic E-state index is 13.9. The molecule has 1 atom stereocenters. The Morgan fingerprint density at radius 2 is 2.11 bits per heavy atom. The van der Waals surface area contributed by atoms with E-state index in [0.717, 1.165) is 10.5 Å². The molecule has 19 heavy (non-hydrogen) atoms. The van der Waals surface area contributed by atoms with Gasteiger partial charge in [-0.15, -0.1) is 0 Å². The summed E-state index contributed by atoms with van der Waals surface area (Å²) in [6.45, 7) is 1.63. The van der Waals surface area contributed by atoms with Gasteiger partial charge in [0, 0.05) is 28.1 Å². The number of amides is 1. The number of anilines is 1. The topological polar surface area (TPSA) is 54.5 Å². The Morgan fingerprint density at radius 3 is 2.63 bits per heavy atom. The van der Waals surface area contributed by atoms with Crippen LogP contribution >= 0.6 is 26.6 Å². The Hall–Kier alpha value is -0.660. The van der Waals surface area contributed by atoms with Crippen molar-refractivity contribution in [3.63, 3.8) is 0 Å². The molecule has 1 aromatic rings. The molecule has 0 aromatic heterocycles. The van der Waals surface area contributed by atoms with Crippen molar-refractivity contribution < 1.29 is 17.6 Å². The molecule has 4 nitrogen and oxygen atoms in total. The molecular formula is C11H10BrClFNO3S. The highest BCUT2D eigenvalue weighted by Gasteiger charge is 2.38. The van der Waals surface area contributed by atoms with Gasteiger partial charge in [-0.25, -0.2) is 12.8 Å². The second-order valence-electron chi connectivity index (χ2n) is 4.36. The van der Waals surface area contributed by atoms with Crippen molar-refractivity contribution in [1.29, 1.82) is 0 Å². The lowest BCUT2D eigenvalue weighted by Gasteiger charge is -2.18. The van der Waals surface area contributed by atoms with Crippen LogP contribution in [0.4, 0.5) is 10.1 Å². The molecule has 0 N–H and O–H groups in total. The molecule has 1 heterocycles. The molecule has 1 aliphatic rings. The van der Waals surface area contributed by atoms with Crippen molar-refractivity contribution in [2.45, 2.75) is 18.6 Å². The average molecular weight is 371 g/mol. The van der Waals surface area contributed by atoms with Gasteiger partial charge in [0.25, 0.3) is 0 Å². The van der Waals surface area contributed by atoms with Crippen LogP contribution < -0.4 is 4.90 Å². The third-order valence-electron chi connectivity index (χ3n) is 3.01.